The van der Waals surface area contributed by atoms with Crippen LogP contribution in [0.5, 0.6) is 0 Å². The molecule has 0 spiro atoms. The molecule has 2 aromatic rings. The van der Waals surface area contributed by atoms with Crippen molar-refractivity contribution in [1.82, 2.24) is 9.97 Å². The summed E-state index contributed by atoms with van der Waals surface area (Å²) < 4.78 is 0. The number of hydrogen-bond acceptors (Lipinski definition) is 4. The van der Waals surface area contributed by atoms with Crippen molar-refractivity contribution in [1.29, 1.82) is 0 Å². The molecular formula is C19H18N2O2S. The van der Waals surface area contributed by atoms with E-state index in [-0.39, 0.29) is 11.8 Å². The maximum absolute atomic E-state index is 10.8. The van der Waals surface area contributed by atoms with E-state index >= 15 is 0 Å². The Labute approximate surface area is 145 Å². The number of benzene rings is 1. The number of carbonyl (C=O) groups is 1. The van der Waals surface area contributed by atoms with Gasteiger partial charge in [-0.15, -0.1) is 11.8 Å². The Morgan fingerprint density at radius 2 is 2.17 bits per heavy atom. The lowest BCUT2D eigenvalue weighted by Gasteiger charge is -2.32. The first-order valence-corrected chi connectivity index (χ1v) is 8.75. The second kappa shape index (κ2) is 6.66. The maximum Gasteiger partial charge on any atom is 0.309 e. The molecule has 122 valence electrons. The molecule has 1 aliphatic heterocycles. The monoisotopic (exact) mass is 338 g/mol. The highest BCUT2D eigenvalue weighted by Crippen LogP contribution is 2.41. The molecule has 0 fully saturated rings. The van der Waals surface area contributed by atoms with Gasteiger partial charge in [-0.25, -0.2) is 4.98 Å². The minimum absolute atomic E-state index is 0.146. The van der Waals surface area contributed by atoms with Crippen LogP contribution >= 0.6 is 11.8 Å². The van der Waals surface area contributed by atoms with Crippen LogP contribution in [0.2, 0.25) is 0 Å². The van der Waals surface area contributed by atoms with Gasteiger partial charge in [-0.2, -0.15) is 0 Å². The summed E-state index contributed by atoms with van der Waals surface area (Å²) in [6, 6.07) is 6.31. The zero-order valence-electron chi connectivity index (χ0n) is 13.7. The van der Waals surface area contributed by atoms with Crippen LogP contribution in [-0.2, 0) is 16.6 Å². The molecular weight excluding hydrogens is 320 g/mol. The minimum atomic E-state index is -0.927. The van der Waals surface area contributed by atoms with Gasteiger partial charge in [0.05, 0.1) is 18.3 Å². The van der Waals surface area contributed by atoms with Gasteiger partial charge in [0, 0.05) is 16.7 Å². The van der Waals surface area contributed by atoms with E-state index in [1.165, 1.54) is 16.7 Å². The van der Waals surface area contributed by atoms with Gasteiger partial charge < -0.3 is 5.11 Å². The normalized spacial score (nSPS) is 15.1. The first kappa shape index (κ1) is 16.5. The van der Waals surface area contributed by atoms with Crippen molar-refractivity contribution >= 4 is 17.7 Å². The molecule has 0 atom stereocenters. The van der Waals surface area contributed by atoms with E-state index in [1.807, 2.05) is 17.8 Å². The molecule has 4 nitrogen and oxygen atoms in total. The van der Waals surface area contributed by atoms with Gasteiger partial charge in [0.25, 0.3) is 0 Å². The van der Waals surface area contributed by atoms with Crippen LogP contribution in [0.3, 0.4) is 0 Å². The zero-order valence-corrected chi connectivity index (χ0v) is 14.5. The third-order valence-electron chi connectivity index (χ3n) is 4.05. The first-order valence-electron chi connectivity index (χ1n) is 7.76. The first-order chi connectivity index (χ1) is 11.4. The molecule has 0 saturated heterocycles. The largest absolute Gasteiger partial charge is 0.481 e. The van der Waals surface area contributed by atoms with Gasteiger partial charge in [0.1, 0.15) is 5.69 Å². The number of nitrogens with zero attached hydrogens (tertiary/aromatic N) is 2. The van der Waals surface area contributed by atoms with E-state index < -0.39 is 5.97 Å². The number of aromatic nitrogens is 2. The second-order valence-corrected chi connectivity index (χ2v) is 7.55. The lowest BCUT2D eigenvalue weighted by molar-refractivity contribution is -0.136. The third kappa shape index (κ3) is 3.77. The average molecular weight is 338 g/mol. The van der Waals surface area contributed by atoms with Crippen LogP contribution in [0.15, 0.2) is 35.5 Å². The average Bonchev–Trinajstić information content (AvgIpc) is 2.53. The molecule has 1 N–H and O–H groups in total. The molecule has 0 bridgehead atoms. The fourth-order valence-electron chi connectivity index (χ4n) is 2.66. The summed E-state index contributed by atoms with van der Waals surface area (Å²) in [6.07, 6.45) is 4.02. The number of carboxylic acids is 1. The van der Waals surface area contributed by atoms with Gasteiger partial charge in [0.15, 0.2) is 0 Å². The summed E-state index contributed by atoms with van der Waals surface area (Å²) in [4.78, 5) is 20.3. The number of rotatable bonds is 2. The Morgan fingerprint density at radius 3 is 2.96 bits per heavy atom. The Kier molecular flexibility index (Phi) is 4.59. The molecule has 0 amide bonds. The van der Waals surface area contributed by atoms with Crippen molar-refractivity contribution in [3.63, 3.8) is 0 Å². The summed E-state index contributed by atoms with van der Waals surface area (Å²) >= 11 is 1.90. The summed E-state index contributed by atoms with van der Waals surface area (Å²) in [6.45, 7) is 4.53. The number of fused-ring (bicyclic) bond motifs is 1. The summed E-state index contributed by atoms with van der Waals surface area (Å²) in [5.74, 6) is 6.33. The Morgan fingerprint density at radius 1 is 1.33 bits per heavy atom. The molecule has 0 radical (unpaired) electrons. The van der Waals surface area contributed by atoms with E-state index in [0.29, 0.717) is 11.4 Å². The third-order valence-corrected chi connectivity index (χ3v) is 5.12. The standard InChI is InChI=1S/C19H18N2O2S/c1-19(2)7-8-24-17-6-4-13(9-16(17)19)3-5-14-11-20-12-15(21-14)10-18(22)23/h4,6,9,11-12H,7-8,10H2,1-2H3,(H,22,23). The highest BCUT2D eigenvalue weighted by Gasteiger charge is 2.27. The van der Waals surface area contributed by atoms with Crippen molar-refractivity contribution in [2.75, 3.05) is 5.75 Å². The van der Waals surface area contributed by atoms with Gasteiger partial charge in [-0.05, 0) is 47.3 Å². The van der Waals surface area contributed by atoms with Gasteiger partial charge >= 0.3 is 5.97 Å². The molecule has 1 aliphatic rings. The highest BCUT2D eigenvalue weighted by molar-refractivity contribution is 7.99. The lowest BCUT2D eigenvalue weighted by atomic mass is 9.81. The van der Waals surface area contributed by atoms with Crippen LogP contribution in [0.25, 0.3) is 0 Å². The predicted octanol–water partition coefficient (Wildman–Crippen LogP) is 3.28. The van der Waals surface area contributed by atoms with Crippen LogP contribution in [0.4, 0.5) is 0 Å². The highest BCUT2D eigenvalue weighted by atomic mass is 32.2. The Balaban J connectivity index is 1.88. The Hall–Kier alpha value is -2.32. The van der Waals surface area contributed by atoms with E-state index in [9.17, 15) is 4.79 Å². The fourth-order valence-corrected chi connectivity index (χ4v) is 4.14. The number of carboxylic acid groups (broad SMARTS) is 1. The van der Waals surface area contributed by atoms with Crippen LogP contribution in [0, 0.1) is 11.8 Å². The number of thioether (sulfide) groups is 1. The van der Waals surface area contributed by atoms with Crippen LogP contribution in [0.1, 0.15) is 42.8 Å². The molecule has 2 heterocycles. The van der Waals surface area contributed by atoms with E-state index in [1.54, 1.807) is 6.20 Å². The quantitative estimate of drug-likeness (QED) is 0.852. The molecule has 0 saturated carbocycles. The van der Waals surface area contributed by atoms with Gasteiger partial charge in [0.2, 0.25) is 0 Å². The molecule has 24 heavy (non-hydrogen) atoms. The van der Waals surface area contributed by atoms with Crippen molar-refractivity contribution < 1.29 is 9.90 Å². The molecule has 3 rings (SSSR count). The SMILES string of the molecule is CC1(C)CCSc2ccc(C#Cc3cncc(CC(=O)O)n3)cc21. The van der Waals surface area contributed by atoms with Gasteiger partial charge in [-0.1, -0.05) is 19.8 Å². The van der Waals surface area contributed by atoms with E-state index in [0.717, 1.165) is 17.7 Å². The van der Waals surface area contributed by atoms with Crippen molar-refractivity contribution in [3.8, 4) is 11.8 Å². The molecule has 5 heteroatoms. The summed E-state index contributed by atoms with van der Waals surface area (Å²) in [5.41, 5.74) is 3.35. The van der Waals surface area contributed by atoms with Crippen molar-refractivity contribution in [3.05, 3.63) is 53.1 Å². The summed E-state index contributed by atoms with van der Waals surface area (Å²) in [7, 11) is 0. The molecule has 1 aromatic carbocycles. The summed E-state index contributed by atoms with van der Waals surface area (Å²) in [5, 5.41) is 8.82. The predicted molar refractivity (Wildman–Crippen MR) is 94.2 cm³/mol. The molecule has 0 aliphatic carbocycles. The maximum atomic E-state index is 10.8. The molecule has 1 aromatic heterocycles. The number of hydrogen-bond donors (Lipinski definition) is 1. The van der Waals surface area contributed by atoms with Crippen LogP contribution in [-0.4, -0.2) is 26.8 Å². The second-order valence-electron chi connectivity index (χ2n) is 6.41. The van der Waals surface area contributed by atoms with Crippen molar-refractivity contribution in [2.24, 2.45) is 0 Å². The van der Waals surface area contributed by atoms with E-state index in [4.69, 9.17) is 5.11 Å². The minimum Gasteiger partial charge on any atom is -0.481 e. The van der Waals surface area contributed by atoms with Gasteiger partial charge in [-0.3, -0.25) is 9.78 Å². The topological polar surface area (TPSA) is 63.1 Å². The smallest absolute Gasteiger partial charge is 0.309 e. The Bertz CT molecular complexity index is 850. The van der Waals surface area contributed by atoms with E-state index in [2.05, 4.69) is 47.8 Å². The number of aliphatic carboxylic acids is 1. The van der Waals surface area contributed by atoms with Crippen LogP contribution < -0.4 is 0 Å². The lowest BCUT2D eigenvalue weighted by Crippen LogP contribution is -2.22. The zero-order chi connectivity index (χ0) is 17.2. The fraction of sp³-hybridized carbons (Fsp3) is 0.316. The molecule has 0 unspecified atom stereocenters. The van der Waals surface area contributed by atoms with Crippen molar-refractivity contribution in [2.45, 2.75) is 37.0 Å².